The zero-order chi connectivity index (χ0) is 15.1. The van der Waals surface area contributed by atoms with Crippen LogP contribution in [-0.2, 0) is 6.54 Å². The van der Waals surface area contributed by atoms with Crippen molar-refractivity contribution >= 4 is 11.9 Å². The van der Waals surface area contributed by atoms with Gasteiger partial charge in [-0.05, 0) is 12.5 Å². The molecule has 110 valence electrons. The fraction of sp³-hybridized carbons (Fsp3) is 0.267. The van der Waals surface area contributed by atoms with Gasteiger partial charge in [-0.1, -0.05) is 25.1 Å². The van der Waals surface area contributed by atoms with E-state index < -0.39 is 0 Å². The third-order valence-electron chi connectivity index (χ3n) is 2.84. The number of amides is 1. The van der Waals surface area contributed by atoms with Crippen LogP contribution in [0.25, 0.3) is 0 Å². The number of rotatable bonds is 6. The standard InChI is InChI=1S/C15H17FN4O/c1-2-7-17-15-19-9-12(10-20-15)14(21)18-8-11-5-3-4-6-13(11)16/h3-6,9-10H,2,7-8H2,1H3,(H,18,21)(H,17,19,20). The highest BCUT2D eigenvalue weighted by Crippen LogP contribution is 2.06. The quantitative estimate of drug-likeness (QED) is 0.856. The number of hydrogen-bond donors (Lipinski definition) is 2. The lowest BCUT2D eigenvalue weighted by atomic mass is 10.2. The number of aromatic nitrogens is 2. The van der Waals surface area contributed by atoms with Gasteiger partial charge in [0, 0.05) is 31.0 Å². The molecule has 21 heavy (non-hydrogen) atoms. The second-order valence-corrected chi connectivity index (χ2v) is 4.50. The Morgan fingerprint density at radius 3 is 2.62 bits per heavy atom. The van der Waals surface area contributed by atoms with Crippen LogP contribution in [0.1, 0.15) is 29.3 Å². The lowest BCUT2D eigenvalue weighted by molar-refractivity contribution is 0.0950. The summed E-state index contributed by atoms with van der Waals surface area (Å²) in [5.41, 5.74) is 0.779. The summed E-state index contributed by atoms with van der Waals surface area (Å²) < 4.78 is 13.4. The van der Waals surface area contributed by atoms with E-state index >= 15 is 0 Å². The molecule has 5 nitrogen and oxygen atoms in total. The van der Waals surface area contributed by atoms with Crippen molar-refractivity contribution < 1.29 is 9.18 Å². The van der Waals surface area contributed by atoms with E-state index in [4.69, 9.17) is 0 Å². The van der Waals surface area contributed by atoms with Gasteiger partial charge >= 0.3 is 0 Å². The van der Waals surface area contributed by atoms with Crippen LogP contribution in [0.2, 0.25) is 0 Å². The van der Waals surface area contributed by atoms with E-state index in [1.807, 2.05) is 6.92 Å². The van der Waals surface area contributed by atoms with Gasteiger partial charge in [0.15, 0.2) is 0 Å². The number of halogens is 1. The molecule has 0 aliphatic heterocycles. The number of anilines is 1. The molecule has 2 aromatic rings. The lowest BCUT2D eigenvalue weighted by Crippen LogP contribution is -2.23. The molecule has 0 spiro atoms. The molecule has 1 heterocycles. The van der Waals surface area contributed by atoms with Crippen molar-refractivity contribution in [3.63, 3.8) is 0 Å². The van der Waals surface area contributed by atoms with Gasteiger partial charge in [-0.3, -0.25) is 4.79 Å². The maximum absolute atomic E-state index is 13.4. The molecule has 0 aliphatic rings. The van der Waals surface area contributed by atoms with E-state index in [-0.39, 0.29) is 18.3 Å². The van der Waals surface area contributed by atoms with Crippen LogP contribution in [0.5, 0.6) is 0 Å². The van der Waals surface area contributed by atoms with Gasteiger partial charge in [0.05, 0.1) is 5.56 Å². The highest BCUT2D eigenvalue weighted by atomic mass is 19.1. The second-order valence-electron chi connectivity index (χ2n) is 4.50. The van der Waals surface area contributed by atoms with E-state index in [0.29, 0.717) is 17.1 Å². The molecule has 1 amide bonds. The van der Waals surface area contributed by atoms with E-state index in [9.17, 15) is 9.18 Å². The Morgan fingerprint density at radius 1 is 1.24 bits per heavy atom. The average molecular weight is 288 g/mol. The third kappa shape index (κ3) is 4.24. The third-order valence-corrected chi connectivity index (χ3v) is 2.84. The highest BCUT2D eigenvalue weighted by molar-refractivity contribution is 5.93. The van der Waals surface area contributed by atoms with Crippen molar-refractivity contribution in [2.75, 3.05) is 11.9 Å². The van der Waals surface area contributed by atoms with E-state index in [1.54, 1.807) is 18.2 Å². The predicted molar refractivity (Wildman–Crippen MR) is 78.4 cm³/mol. The van der Waals surface area contributed by atoms with Crippen molar-refractivity contribution in [3.05, 3.63) is 53.6 Å². The number of hydrogen-bond acceptors (Lipinski definition) is 4. The Labute approximate surface area is 122 Å². The molecular formula is C15H17FN4O. The summed E-state index contributed by atoms with van der Waals surface area (Å²) in [6.45, 7) is 2.94. The summed E-state index contributed by atoms with van der Waals surface area (Å²) in [4.78, 5) is 20.0. The summed E-state index contributed by atoms with van der Waals surface area (Å²) in [5.74, 6) is -0.184. The minimum Gasteiger partial charge on any atom is -0.354 e. The number of benzene rings is 1. The van der Waals surface area contributed by atoms with E-state index in [1.165, 1.54) is 18.5 Å². The maximum Gasteiger partial charge on any atom is 0.254 e. The number of carbonyl (C=O) groups is 1. The molecule has 0 atom stereocenters. The first-order chi connectivity index (χ1) is 10.2. The summed E-state index contributed by atoms with van der Waals surface area (Å²) in [7, 11) is 0. The van der Waals surface area contributed by atoms with E-state index in [2.05, 4.69) is 20.6 Å². The average Bonchev–Trinajstić information content (AvgIpc) is 2.52. The molecule has 1 aromatic heterocycles. The second kappa shape index (κ2) is 7.33. The molecule has 1 aromatic carbocycles. The molecule has 0 unspecified atom stereocenters. The minimum atomic E-state index is -0.340. The Morgan fingerprint density at radius 2 is 1.95 bits per heavy atom. The number of nitrogens with zero attached hydrogens (tertiary/aromatic N) is 2. The van der Waals surface area contributed by atoms with Crippen LogP contribution in [0.15, 0.2) is 36.7 Å². The van der Waals surface area contributed by atoms with Gasteiger partial charge in [0.1, 0.15) is 5.82 Å². The van der Waals surface area contributed by atoms with Gasteiger partial charge in [-0.25, -0.2) is 14.4 Å². The number of nitrogens with one attached hydrogen (secondary N) is 2. The van der Waals surface area contributed by atoms with Crippen LogP contribution in [0.4, 0.5) is 10.3 Å². The fourth-order valence-electron chi connectivity index (χ4n) is 1.69. The van der Waals surface area contributed by atoms with Crippen molar-refractivity contribution in [2.45, 2.75) is 19.9 Å². The van der Waals surface area contributed by atoms with Crippen molar-refractivity contribution in [2.24, 2.45) is 0 Å². The van der Waals surface area contributed by atoms with Crippen LogP contribution in [0.3, 0.4) is 0 Å². The van der Waals surface area contributed by atoms with Crippen LogP contribution >= 0.6 is 0 Å². The summed E-state index contributed by atoms with van der Waals surface area (Å²) in [6.07, 6.45) is 3.86. The van der Waals surface area contributed by atoms with Crippen LogP contribution in [0, 0.1) is 5.82 Å². The molecule has 0 aliphatic carbocycles. The topological polar surface area (TPSA) is 66.9 Å². The number of carbonyl (C=O) groups excluding carboxylic acids is 1. The van der Waals surface area contributed by atoms with Gasteiger partial charge in [0.2, 0.25) is 5.95 Å². The van der Waals surface area contributed by atoms with Crippen LogP contribution < -0.4 is 10.6 Å². The Bertz CT molecular complexity index is 601. The SMILES string of the molecule is CCCNc1ncc(C(=O)NCc2ccccc2F)cn1. The molecular weight excluding hydrogens is 271 g/mol. The van der Waals surface area contributed by atoms with Gasteiger partial charge in [-0.2, -0.15) is 0 Å². The molecule has 0 bridgehead atoms. The normalized spacial score (nSPS) is 10.2. The molecule has 0 fully saturated rings. The summed E-state index contributed by atoms with van der Waals surface area (Å²) >= 11 is 0. The van der Waals surface area contributed by atoms with Gasteiger partial charge in [0.25, 0.3) is 5.91 Å². The first-order valence-corrected chi connectivity index (χ1v) is 6.78. The largest absolute Gasteiger partial charge is 0.354 e. The molecule has 6 heteroatoms. The Balaban J connectivity index is 1.93. The van der Waals surface area contributed by atoms with Gasteiger partial charge < -0.3 is 10.6 Å². The fourth-order valence-corrected chi connectivity index (χ4v) is 1.69. The van der Waals surface area contributed by atoms with E-state index in [0.717, 1.165) is 13.0 Å². The zero-order valence-corrected chi connectivity index (χ0v) is 11.8. The molecule has 0 saturated carbocycles. The monoisotopic (exact) mass is 288 g/mol. The summed E-state index contributed by atoms with van der Waals surface area (Å²) in [6, 6.07) is 6.32. The Kier molecular flexibility index (Phi) is 5.20. The molecule has 2 N–H and O–H groups in total. The smallest absolute Gasteiger partial charge is 0.254 e. The first-order valence-electron chi connectivity index (χ1n) is 6.78. The Hall–Kier alpha value is -2.50. The molecule has 2 rings (SSSR count). The zero-order valence-electron chi connectivity index (χ0n) is 11.8. The predicted octanol–water partition coefficient (Wildman–Crippen LogP) is 2.37. The highest BCUT2D eigenvalue weighted by Gasteiger charge is 2.08. The maximum atomic E-state index is 13.4. The van der Waals surface area contributed by atoms with Gasteiger partial charge in [-0.15, -0.1) is 0 Å². The van der Waals surface area contributed by atoms with Crippen molar-refractivity contribution in [3.8, 4) is 0 Å². The molecule has 0 saturated heterocycles. The summed E-state index contributed by atoms with van der Waals surface area (Å²) in [5, 5.41) is 5.66. The lowest BCUT2D eigenvalue weighted by Gasteiger charge is -2.07. The van der Waals surface area contributed by atoms with Crippen molar-refractivity contribution in [1.82, 2.24) is 15.3 Å². The first kappa shape index (κ1) is 14.9. The minimum absolute atomic E-state index is 0.126. The van der Waals surface area contributed by atoms with Crippen molar-refractivity contribution in [1.29, 1.82) is 0 Å². The van der Waals surface area contributed by atoms with Crippen LogP contribution in [-0.4, -0.2) is 22.4 Å². The molecule has 0 radical (unpaired) electrons.